The summed E-state index contributed by atoms with van der Waals surface area (Å²) in [6.07, 6.45) is 6.96. The normalized spacial score (nSPS) is 16.4. The summed E-state index contributed by atoms with van der Waals surface area (Å²) in [5.41, 5.74) is 0. The first-order valence-electron chi connectivity index (χ1n) is 6.51. The van der Waals surface area contributed by atoms with Gasteiger partial charge in [0.2, 0.25) is 0 Å². The van der Waals surface area contributed by atoms with Crippen LogP contribution in [0.5, 0.6) is 0 Å². The van der Waals surface area contributed by atoms with Crippen molar-refractivity contribution in [2.24, 2.45) is 0 Å². The Kier molecular flexibility index (Phi) is 4.98. The second-order valence-corrected chi connectivity index (χ2v) is 5.38. The van der Waals surface area contributed by atoms with Crippen LogP contribution >= 0.6 is 15.9 Å². The van der Waals surface area contributed by atoms with Gasteiger partial charge in [-0.2, -0.15) is 5.10 Å². The summed E-state index contributed by atoms with van der Waals surface area (Å²) in [7, 11) is 0. The highest BCUT2D eigenvalue weighted by Crippen LogP contribution is 2.26. The summed E-state index contributed by atoms with van der Waals surface area (Å²) < 4.78 is 2.00. The first-order chi connectivity index (χ1) is 8.35. The molecule has 1 aliphatic rings. The van der Waals surface area contributed by atoms with Crippen molar-refractivity contribution in [1.29, 1.82) is 0 Å². The molecule has 1 aromatic rings. The Morgan fingerprint density at radius 1 is 1.53 bits per heavy atom. The number of hydrogen-bond acceptors (Lipinski definition) is 3. The lowest BCUT2D eigenvalue weighted by Crippen LogP contribution is -2.41. The Morgan fingerprint density at radius 2 is 2.35 bits per heavy atom. The highest BCUT2D eigenvalue weighted by Gasteiger charge is 2.25. The Morgan fingerprint density at radius 3 is 2.94 bits per heavy atom. The van der Waals surface area contributed by atoms with Gasteiger partial charge in [0.15, 0.2) is 0 Å². The van der Waals surface area contributed by atoms with Crippen LogP contribution in [0.3, 0.4) is 0 Å². The van der Waals surface area contributed by atoms with E-state index in [9.17, 15) is 0 Å². The molecule has 0 aromatic carbocycles. The quantitative estimate of drug-likeness (QED) is 0.725. The summed E-state index contributed by atoms with van der Waals surface area (Å²) in [5, 5.41) is 5.32. The number of halogens is 1. The molecule has 0 saturated heterocycles. The van der Waals surface area contributed by atoms with Crippen molar-refractivity contribution in [3.05, 3.63) is 12.2 Å². The molecular formula is C12H21BrN4. The molecule has 1 aliphatic carbocycles. The van der Waals surface area contributed by atoms with Gasteiger partial charge in [-0.05, 0) is 32.7 Å². The lowest BCUT2D eigenvalue weighted by atomic mass is 9.91. The van der Waals surface area contributed by atoms with Gasteiger partial charge in [0.1, 0.15) is 12.2 Å². The Bertz CT molecular complexity index is 335. The van der Waals surface area contributed by atoms with Crippen LogP contribution in [0.15, 0.2) is 6.33 Å². The van der Waals surface area contributed by atoms with Crippen LogP contribution in [-0.4, -0.2) is 37.6 Å². The van der Waals surface area contributed by atoms with Gasteiger partial charge in [0.05, 0.1) is 6.54 Å². The van der Waals surface area contributed by atoms with Crippen LogP contribution in [0.1, 0.15) is 38.4 Å². The molecule has 0 spiro atoms. The van der Waals surface area contributed by atoms with Gasteiger partial charge >= 0.3 is 0 Å². The molecule has 0 bridgehead atoms. The van der Waals surface area contributed by atoms with E-state index in [0.717, 1.165) is 36.8 Å². The van der Waals surface area contributed by atoms with Crippen molar-refractivity contribution in [3.8, 4) is 0 Å². The predicted molar refractivity (Wildman–Crippen MR) is 72.2 cm³/mol. The molecule has 1 aromatic heterocycles. The smallest absolute Gasteiger partial charge is 0.141 e. The molecular weight excluding hydrogens is 280 g/mol. The molecule has 2 rings (SSSR count). The van der Waals surface area contributed by atoms with Gasteiger partial charge in [0, 0.05) is 17.9 Å². The second-order valence-electron chi connectivity index (χ2n) is 4.59. The van der Waals surface area contributed by atoms with Gasteiger partial charge in [-0.25, -0.2) is 9.67 Å². The van der Waals surface area contributed by atoms with E-state index in [0.29, 0.717) is 0 Å². The zero-order valence-electron chi connectivity index (χ0n) is 10.5. The fourth-order valence-corrected chi connectivity index (χ4v) is 2.51. The third-order valence-electron chi connectivity index (χ3n) is 3.51. The molecule has 4 nitrogen and oxygen atoms in total. The predicted octanol–water partition coefficient (Wildman–Crippen LogP) is 2.44. The second kappa shape index (κ2) is 6.50. The SMILES string of the molecule is CCn1ncnc1CN(CCCBr)C1CCC1. The van der Waals surface area contributed by atoms with Gasteiger partial charge < -0.3 is 0 Å². The molecule has 17 heavy (non-hydrogen) atoms. The van der Waals surface area contributed by atoms with Crippen molar-refractivity contribution in [2.45, 2.75) is 51.7 Å². The van der Waals surface area contributed by atoms with Gasteiger partial charge in [-0.3, -0.25) is 4.90 Å². The number of aromatic nitrogens is 3. The van der Waals surface area contributed by atoms with Crippen LogP contribution in [0.2, 0.25) is 0 Å². The molecule has 0 atom stereocenters. The number of hydrogen-bond donors (Lipinski definition) is 0. The first-order valence-corrected chi connectivity index (χ1v) is 7.64. The maximum Gasteiger partial charge on any atom is 0.141 e. The van der Waals surface area contributed by atoms with Crippen LogP contribution in [0, 0.1) is 0 Å². The van der Waals surface area contributed by atoms with Crippen molar-refractivity contribution in [2.75, 3.05) is 11.9 Å². The monoisotopic (exact) mass is 300 g/mol. The molecule has 0 amide bonds. The molecule has 0 N–H and O–H groups in total. The lowest BCUT2D eigenvalue weighted by Gasteiger charge is -2.37. The van der Waals surface area contributed by atoms with E-state index in [2.05, 4.69) is 37.8 Å². The minimum atomic E-state index is 0.774. The van der Waals surface area contributed by atoms with E-state index in [1.165, 1.54) is 25.7 Å². The lowest BCUT2D eigenvalue weighted by molar-refractivity contribution is 0.115. The molecule has 5 heteroatoms. The number of nitrogens with zero attached hydrogens (tertiary/aromatic N) is 4. The largest absolute Gasteiger partial charge is 0.293 e. The Balaban J connectivity index is 1.95. The summed E-state index contributed by atoms with van der Waals surface area (Å²) in [6.45, 7) is 5.13. The minimum Gasteiger partial charge on any atom is -0.293 e. The topological polar surface area (TPSA) is 34.0 Å². The third-order valence-corrected chi connectivity index (χ3v) is 4.07. The molecule has 1 heterocycles. The number of aryl methyl sites for hydroxylation is 1. The summed E-state index contributed by atoms with van der Waals surface area (Å²) in [4.78, 5) is 6.94. The van der Waals surface area contributed by atoms with Crippen molar-refractivity contribution < 1.29 is 0 Å². The molecule has 96 valence electrons. The van der Waals surface area contributed by atoms with E-state index < -0.39 is 0 Å². The average Bonchev–Trinajstić information content (AvgIpc) is 2.70. The van der Waals surface area contributed by atoms with Gasteiger partial charge in [-0.15, -0.1) is 0 Å². The van der Waals surface area contributed by atoms with Crippen LogP contribution in [-0.2, 0) is 13.1 Å². The van der Waals surface area contributed by atoms with Crippen LogP contribution < -0.4 is 0 Å². The van der Waals surface area contributed by atoms with Crippen molar-refractivity contribution in [1.82, 2.24) is 19.7 Å². The summed E-state index contributed by atoms with van der Waals surface area (Å²) in [6, 6.07) is 0.774. The third kappa shape index (κ3) is 3.28. The zero-order chi connectivity index (χ0) is 12.1. The van der Waals surface area contributed by atoms with E-state index in [1.54, 1.807) is 6.33 Å². The Hall–Kier alpha value is -0.420. The molecule has 0 radical (unpaired) electrons. The number of alkyl halides is 1. The van der Waals surface area contributed by atoms with Crippen molar-refractivity contribution >= 4 is 15.9 Å². The highest BCUT2D eigenvalue weighted by molar-refractivity contribution is 9.09. The van der Waals surface area contributed by atoms with E-state index in [-0.39, 0.29) is 0 Å². The number of rotatable bonds is 7. The van der Waals surface area contributed by atoms with Gasteiger partial charge in [-0.1, -0.05) is 22.4 Å². The standard InChI is InChI=1S/C12H21BrN4/c1-2-17-12(14-10-15-17)9-16(8-4-7-13)11-5-3-6-11/h10-11H,2-9H2,1H3. The maximum absolute atomic E-state index is 4.37. The molecule has 0 unspecified atom stereocenters. The zero-order valence-corrected chi connectivity index (χ0v) is 12.1. The molecule has 0 aliphatic heterocycles. The van der Waals surface area contributed by atoms with Crippen molar-refractivity contribution in [3.63, 3.8) is 0 Å². The summed E-state index contributed by atoms with van der Waals surface area (Å²) in [5.74, 6) is 1.11. The van der Waals surface area contributed by atoms with Gasteiger partial charge in [0.25, 0.3) is 0 Å². The summed E-state index contributed by atoms with van der Waals surface area (Å²) >= 11 is 3.51. The van der Waals surface area contributed by atoms with E-state index in [1.807, 2.05) is 4.68 Å². The fraction of sp³-hybridized carbons (Fsp3) is 0.833. The minimum absolute atomic E-state index is 0.774. The molecule has 1 fully saturated rings. The van der Waals surface area contributed by atoms with Crippen LogP contribution in [0.4, 0.5) is 0 Å². The Labute approximate surface area is 112 Å². The van der Waals surface area contributed by atoms with Crippen LogP contribution in [0.25, 0.3) is 0 Å². The average molecular weight is 301 g/mol. The molecule has 1 saturated carbocycles. The van der Waals surface area contributed by atoms with E-state index >= 15 is 0 Å². The maximum atomic E-state index is 4.37. The fourth-order valence-electron chi connectivity index (χ4n) is 2.26. The highest BCUT2D eigenvalue weighted by atomic mass is 79.9. The first kappa shape index (κ1) is 13.0. The van der Waals surface area contributed by atoms with E-state index in [4.69, 9.17) is 0 Å².